The summed E-state index contributed by atoms with van der Waals surface area (Å²) in [5, 5.41) is 0. The van der Waals surface area contributed by atoms with E-state index >= 15 is 0 Å². The van der Waals surface area contributed by atoms with Gasteiger partial charge in [0.2, 0.25) is 11.8 Å². The fourth-order valence-electron chi connectivity index (χ4n) is 3.39. The third kappa shape index (κ3) is 3.47. The van der Waals surface area contributed by atoms with Gasteiger partial charge in [-0.05, 0) is 30.7 Å². The molecule has 2 saturated heterocycles. The van der Waals surface area contributed by atoms with Crippen LogP contribution in [0.1, 0.15) is 12.8 Å². The van der Waals surface area contributed by atoms with E-state index in [0.29, 0.717) is 26.1 Å². The van der Waals surface area contributed by atoms with Gasteiger partial charge in [0.1, 0.15) is 5.75 Å². The minimum absolute atomic E-state index is 0.0801. The largest absolute Gasteiger partial charge is 0.497 e. The molecule has 0 bridgehead atoms. The lowest BCUT2D eigenvalue weighted by Crippen LogP contribution is -2.52. The summed E-state index contributed by atoms with van der Waals surface area (Å²) in [6.07, 6.45) is 1.13. The molecule has 1 atom stereocenters. The van der Waals surface area contributed by atoms with E-state index in [1.165, 1.54) is 0 Å². The number of ether oxygens (including phenoxy) is 1. The number of nitrogens with zero attached hydrogens (tertiary/aromatic N) is 3. The van der Waals surface area contributed by atoms with Crippen molar-refractivity contribution in [2.24, 2.45) is 5.92 Å². The van der Waals surface area contributed by atoms with Crippen molar-refractivity contribution >= 4 is 17.5 Å². The van der Waals surface area contributed by atoms with Gasteiger partial charge in [-0.1, -0.05) is 0 Å². The molecule has 1 aromatic rings. The van der Waals surface area contributed by atoms with Crippen LogP contribution in [0.4, 0.5) is 5.69 Å². The van der Waals surface area contributed by atoms with Crippen molar-refractivity contribution in [3.63, 3.8) is 0 Å². The smallest absolute Gasteiger partial charge is 0.226 e. The van der Waals surface area contributed by atoms with Crippen LogP contribution in [0.25, 0.3) is 0 Å². The lowest BCUT2D eigenvalue weighted by molar-refractivity contribution is -0.144. The second kappa shape index (κ2) is 7.11. The summed E-state index contributed by atoms with van der Waals surface area (Å²) in [7, 11) is 3.46. The number of hydrogen-bond donors (Lipinski definition) is 0. The molecule has 6 heteroatoms. The van der Waals surface area contributed by atoms with Crippen LogP contribution in [0.15, 0.2) is 24.3 Å². The van der Waals surface area contributed by atoms with Gasteiger partial charge in [-0.15, -0.1) is 0 Å². The average molecular weight is 331 g/mol. The molecule has 0 aromatic heterocycles. The molecule has 0 aliphatic carbocycles. The summed E-state index contributed by atoms with van der Waals surface area (Å²) in [6, 6.07) is 8.01. The van der Waals surface area contributed by atoms with Crippen LogP contribution in [-0.4, -0.2) is 68.5 Å². The highest BCUT2D eigenvalue weighted by atomic mass is 16.5. The van der Waals surface area contributed by atoms with Crippen LogP contribution < -0.4 is 9.64 Å². The number of piperidine rings is 1. The van der Waals surface area contributed by atoms with Crippen molar-refractivity contribution < 1.29 is 14.3 Å². The zero-order valence-electron chi connectivity index (χ0n) is 14.4. The molecule has 0 unspecified atom stereocenters. The van der Waals surface area contributed by atoms with Crippen molar-refractivity contribution in [2.45, 2.75) is 12.8 Å². The Hall–Kier alpha value is -2.24. The van der Waals surface area contributed by atoms with Crippen molar-refractivity contribution in [1.29, 1.82) is 0 Å². The van der Waals surface area contributed by atoms with Gasteiger partial charge >= 0.3 is 0 Å². The molecule has 6 nitrogen and oxygen atoms in total. The monoisotopic (exact) mass is 331 g/mol. The maximum Gasteiger partial charge on any atom is 0.226 e. The van der Waals surface area contributed by atoms with E-state index in [1.807, 2.05) is 29.2 Å². The quantitative estimate of drug-likeness (QED) is 0.835. The third-order valence-corrected chi connectivity index (χ3v) is 5.04. The van der Waals surface area contributed by atoms with Crippen LogP contribution in [0.3, 0.4) is 0 Å². The third-order valence-electron chi connectivity index (χ3n) is 5.04. The molecule has 0 radical (unpaired) electrons. The van der Waals surface area contributed by atoms with Crippen molar-refractivity contribution in [3.8, 4) is 5.75 Å². The molecule has 130 valence electrons. The SMILES string of the molecule is COc1ccc(N2CCN(C(=O)[C@@H]3CCN(C)C(=O)C3)CC2)cc1. The van der Waals surface area contributed by atoms with E-state index in [-0.39, 0.29) is 17.7 Å². The fourth-order valence-corrected chi connectivity index (χ4v) is 3.39. The molecule has 0 saturated carbocycles. The maximum absolute atomic E-state index is 12.7. The highest BCUT2D eigenvalue weighted by Crippen LogP contribution is 2.23. The van der Waals surface area contributed by atoms with Gasteiger partial charge in [0, 0.05) is 57.8 Å². The minimum atomic E-state index is -0.138. The topological polar surface area (TPSA) is 53.1 Å². The first-order valence-corrected chi connectivity index (χ1v) is 8.50. The molecule has 24 heavy (non-hydrogen) atoms. The Morgan fingerprint density at radius 2 is 1.75 bits per heavy atom. The Labute approximate surface area is 143 Å². The second-order valence-electron chi connectivity index (χ2n) is 6.52. The van der Waals surface area contributed by atoms with E-state index in [2.05, 4.69) is 4.90 Å². The summed E-state index contributed by atoms with van der Waals surface area (Å²) >= 11 is 0. The molecule has 3 rings (SSSR count). The average Bonchev–Trinajstić information content (AvgIpc) is 2.63. The summed E-state index contributed by atoms with van der Waals surface area (Å²) in [4.78, 5) is 30.4. The van der Waals surface area contributed by atoms with Crippen LogP contribution in [0.5, 0.6) is 5.75 Å². The fraction of sp³-hybridized carbons (Fsp3) is 0.556. The van der Waals surface area contributed by atoms with E-state index in [4.69, 9.17) is 4.74 Å². The van der Waals surface area contributed by atoms with E-state index in [9.17, 15) is 9.59 Å². The molecule has 0 spiro atoms. The molecular weight excluding hydrogens is 306 g/mol. The number of amides is 2. The number of rotatable bonds is 3. The Bertz CT molecular complexity index is 594. The van der Waals surface area contributed by atoms with Crippen molar-refractivity contribution in [2.75, 3.05) is 51.8 Å². The summed E-state index contributed by atoms with van der Waals surface area (Å²) in [5.74, 6) is 0.933. The predicted octanol–water partition coefficient (Wildman–Crippen LogP) is 1.21. The maximum atomic E-state index is 12.7. The van der Waals surface area contributed by atoms with Crippen molar-refractivity contribution in [3.05, 3.63) is 24.3 Å². The number of methoxy groups -OCH3 is 1. The number of benzene rings is 1. The van der Waals surface area contributed by atoms with Gasteiger partial charge in [0.15, 0.2) is 0 Å². The molecule has 2 aliphatic heterocycles. The first kappa shape index (κ1) is 16.6. The molecule has 2 fully saturated rings. The van der Waals surface area contributed by atoms with E-state index in [1.54, 1.807) is 19.1 Å². The zero-order chi connectivity index (χ0) is 17.1. The van der Waals surface area contributed by atoms with E-state index < -0.39 is 0 Å². The Kier molecular flexibility index (Phi) is 4.92. The van der Waals surface area contributed by atoms with Crippen LogP contribution in [-0.2, 0) is 9.59 Å². The van der Waals surface area contributed by atoms with Gasteiger partial charge in [-0.2, -0.15) is 0 Å². The van der Waals surface area contributed by atoms with Gasteiger partial charge in [-0.3, -0.25) is 9.59 Å². The number of hydrogen-bond acceptors (Lipinski definition) is 4. The number of anilines is 1. The summed E-state index contributed by atoms with van der Waals surface area (Å²) < 4.78 is 5.19. The van der Waals surface area contributed by atoms with Crippen LogP contribution >= 0.6 is 0 Å². The first-order valence-electron chi connectivity index (χ1n) is 8.50. The van der Waals surface area contributed by atoms with E-state index in [0.717, 1.165) is 30.9 Å². The van der Waals surface area contributed by atoms with Crippen LogP contribution in [0.2, 0.25) is 0 Å². The van der Waals surface area contributed by atoms with Crippen molar-refractivity contribution in [1.82, 2.24) is 9.80 Å². The lowest BCUT2D eigenvalue weighted by Gasteiger charge is -2.38. The summed E-state index contributed by atoms with van der Waals surface area (Å²) in [5.41, 5.74) is 1.15. The normalized spacial score (nSPS) is 21.8. The number of carbonyl (C=O) groups is 2. The predicted molar refractivity (Wildman–Crippen MR) is 92.1 cm³/mol. The van der Waals surface area contributed by atoms with Gasteiger partial charge < -0.3 is 19.4 Å². The standard InChI is InChI=1S/C18H25N3O3/c1-19-8-7-14(13-17(19)22)18(23)21-11-9-20(10-12-21)15-3-5-16(24-2)6-4-15/h3-6,14H,7-13H2,1-2H3/t14-/m1/s1. The number of likely N-dealkylation sites (tertiary alicyclic amines) is 1. The molecule has 0 N–H and O–H groups in total. The molecule has 2 aliphatic rings. The molecular formula is C18H25N3O3. The minimum Gasteiger partial charge on any atom is -0.497 e. The highest BCUT2D eigenvalue weighted by Gasteiger charge is 2.32. The Morgan fingerprint density at radius 3 is 2.33 bits per heavy atom. The Morgan fingerprint density at radius 1 is 1.08 bits per heavy atom. The number of piperazine rings is 1. The molecule has 2 heterocycles. The van der Waals surface area contributed by atoms with Gasteiger partial charge in [0.05, 0.1) is 7.11 Å². The molecule has 2 amide bonds. The Balaban J connectivity index is 1.54. The zero-order valence-corrected chi connectivity index (χ0v) is 14.4. The lowest BCUT2D eigenvalue weighted by atomic mass is 9.94. The molecule has 1 aromatic carbocycles. The van der Waals surface area contributed by atoms with Crippen LogP contribution in [0, 0.1) is 5.92 Å². The number of carbonyl (C=O) groups excluding carboxylic acids is 2. The second-order valence-corrected chi connectivity index (χ2v) is 6.52. The van der Waals surface area contributed by atoms with Gasteiger partial charge in [0.25, 0.3) is 0 Å². The first-order chi connectivity index (χ1) is 11.6. The summed E-state index contributed by atoms with van der Waals surface area (Å²) in [6.45, 7) is 3.75. The highest BCUT2D eigenvalue weighted by molar-refractivity contribution is 5.87. The van der Waals surface area contributed by atoms with Gasteiger partial charge in [-0.25, -0.2) is 0 Å².